The van der Waals surface area contributed by atoms with E-state index in [1.54, 1.807) is 23.9 Å². The third kappa shape index (κ3) is 2.65. The van der Waals surface area contributed by atoms with E-state index in [0.29, 0.717) is 0 Å². The van der Waals surface area contributed by atoms with E-state index in [-0.39, 0.29) is 5.75 Å². The molecule has 2 aromatic heterocycles. The highest BCUT2D eigenvalue weighted by Crippen LogP contribution is 2.35. The highest BCUT2D eigenvalue weighted by atomic mass is 32.2. The van der Waals surface area contributed by atoms with Crippen molar-refractivity contribution in [1.29, 1.82) is 0 Å². The summed E-state index contributed by atoms with van der Waals surface area (Å²) >= 11 is 1.61. The average molecular weight is 372 g/mol. The van der Waals surface area contributed by atoms with E-state index in [1.165, 1.54) is 0 Å². The first-order valence-electron chi connectivity index (χ1n) is 8.53. The van der Waals surface area contributed by atoms with E-state index in [2.05, 4.69) is 38.4 Å². The first-order valence-corrected chi connectivity index (χ1v) is 9.76. The van der Waals surface area contributed by atoms with Crippen molar-refractivity contribution in [3.63, 3.8) is 0 Å². The third-order valence-electron chi connectivity index (χ3n) is 4.67. The zero-order valence-electron chi connectivity index (χ0n) is 14.5. The molecule has 5 nitrogen and oxygen atoms in total. The molecule has 0 aliphatic heterocycles. The third-order valence-corrected chi connectivity index (χ3v) is 5.45. The van der Waals surface area contributed by atoms with Gasteiger partial charge in [-0.15, -0.1) is 11.8 Å². The van der Waals surface area contributed by atoms with Crippen LogP contribution in [-0.4, -0.2) is 31.5 Å². The van der Waals surface area contributed by atoms with Crippen LogP contribution in [0.25, 0.3) is 44.6 Å². The fraction of sp³-hybridized carbons (Fsp3) is 0.0476. The number of H-pyrrole nitrogens is 2. The number of phenolic OH excluding ortho intramolecular Hbond substituents is 1. The number of rotatable bonds is 3. The molecule has 0 atom stereocenters. The van der Waals surface area contributed by atoms with Crippen LogP contribution in [0.2, 0.25) is 0 Å². The molecule has 0 saturated carbocycles. The Balaban J connectivity index is 1.63. The van der Waals surface area contributed by atoms with Gasteiger partial charge in [-0.1, -0.05) is 18.2 Å². The molecule has 132 valence electrons. The van der Waals surface area contributed by atoms with Gasteiger partial charge in [-0.25, -0.2) is 4.98 Å². The Morgan fingerprint density at radius 1 is 0.963 bits per heavy atom. The molecule has 0 aliphatic rings. The molecule has 0 spiro atoms. The molecule has 2 heterocycles. The Morgan fingerprint density at radius 3 is 2.70 bits per heavy atom. The van der Waals surface area contributed by atoms with Crippen LogP contribution in [0.1, 0.15) is 0 Å². The summed E-state index contributed by atoms with van der Waals surface area (Å²) in [5, 5.41) is 18.4. The average Bonchev–Trinajstić information content (AvgIpc) is 3.30. The number of nitrogens with zero attached hydrogens (tertiary/aromatic N) is 2. The maximum Gasteiger partial charge on any atom is 0.159 e. The van der Waals surface area contributed by atoms with Crippen LogP contribution in [0.15, 0.2) is 65.6 Å². The number of aromatic amines is 2. The monoisotopic (exact) mass is 372 g/mol. The van der Waals surface area contributed by atoms with Crippen molar-refractivity contribution in [3.05, 3.63) is 60.7 Å². The predicted molar refractivity (Wildman–Crippen MR) is 110 cm³/mol. The summed E-state index contributed by atoms with van der Waals surface area (Å²) in [6.45, 7) is 0. The fourth-order valence-corrected chi connectivity index (χ4v) is 4.00. The molecule has 0 amide bonds. The molecule has 0 radical (unpaired) electrons. The van der Waals surface area contributed by atoms with E-state index in [0.717, 1.165) is 49.5 Å². The zero-order chi connectivity index (χ0) is 18.4. The number of hydrogen-bond donors (Lipinski definition) is 3. The van der Waals surface area contributed by atoms with Gasteiger partial charge < -0.3 is 10.1 Å². The Kier molecular flexibility index (Phi) is 3.65. The second-order valence-electron chi connectivity index (χ2n) is 6.32. The van der Waals surface area contributed by atoms with Crippen molar-refractivity contribution in [2.45, 2.75) is 4.90 Å². The molecule has 0 saturated heterocycles. The van der Waals surface area contributed by atoms with Gasteiger partial charge in [-0.2, -0.15) is 5.10 Å². The molecule has 3 aromatic carbocycles. The summed E-state index contributed by atoms with van der Waals surface area (Å²) in [6.07, 6.45) is 2.01. The Labute approximate surface area is 159 Å². The summed E-state index contributed by atoms with van der Waals surface area (Å²) in [4.78, 5) is 9.02. The number of benzene rings is 3. The van der Waals surface area contributed by atoms with Crippen LogP contribution in [0.4, 0.5) is 0 Å². The minimum absolute atomic E-state index is 0.276. The Morgan fingerprint density at radius 2 is 1.85 bits per heavy atom. The quantitative estimate of drug-likeness (QED) is 0.380. The molecular weight excluding hydrogens is 356 g/mol. The van der Waals surface area contributed by atoms with E-state index < -0.39 is 0 Å². The maximum absolute atomic E-state index is 9.74. The van der Waals surface area contributed by atoms with Crippen LogP contribution in [0.3, 0.4) is 0 Å². The smallest absolute Gasteiger partial charge is 0.159 e. The van der Waals surface area contributed by atoms with Gasteiger partial charge in [0, 0.05) is 10.3 Å². The van der Waals surface area contributed by atoms with E-state index in [4.69, 9.17) is 0 Å². The van der Waals surface area contributed by atoms with Crippen LogP contribution < -0.4 is 0 Å². The van der Waals surface area contributed by atoms with Gasteiger partial charge in [0.25, 0.3) is 0 Å². The first-order chi connectivity index (χ1) is 13.2. The standard InChI is InChI=1S/C21H16N4OS/c1-27-19-11-13(26)7-9-14(19)12-6-8-15-18(10-12)24-25-20(15)21-22-16-4-2-3-5-17(16)23-21/h2-11,26H,1H3,(H,22,23)(H,24,25). The van der Waals surface area contributed by atoms with Gasteiger partial charge in [-0.3, -0.25) is 5.10 Å². The summed E-state index contributed by atoms with van der Waals surface area (Å²) in [5.41, 5.74) is 5.84. The molecule has 0 aliphatic carbocycles. The van der Waals surface area contributed by atoms with Gasteiger partial charge in [-0.05, 0) is 59.8 Å². The topological polar surface area (TPSA) is 77.6 Å². The maximum atomic E-state index is 9.74. The fourth-order valence-electron chi connectivity index (χ4n) is 3.35. The second-order valence-corrected chi connectivity index (χ2v) is 7.17. The lowest BCUT2D eigenvalue weighted by Crippen LogP contribution is -1.83. The minimum atomic E-state index is 0.276. The van der Waals surface area contributed by atoms with Crippen molar-refractivity contribution in [2.24, 2.45) is 0 Å². The Hall–Kier alpha value is -3.25. The SMILES string of the molecule is CSc1cc(O)ccc1-c1ccc2c(-c3nc4ccccc4[nH]3)n[nH]c2c1. The number of thioether (sulfide) groups is 1. The number of phenols is 1. The Bertz CT molecular complexity index is 1260. The van der Waals surface area contributed by atoms with Gasteiger partial charge >= 0.3 is 0 Å². The molecule has 6 heteroatoms. The molecule has 0 unspecified atom stereocenters. The summed E-state index contributed by atoms with van der Waals surface area (Å²) in [7, 11) is 0. The number of imidazole rings is 1. The summed E-state index contributed by atoms with van der Waals surface area (Å²) < 4.78 is 0. The zero-order valence-corrected chi connectivity index (χ0v) is 15.3. The highest BCUT2D eigenvalue weighted by Gasteiger charge is 2.14. The van der Waals surface area contributed by atoms with Gasteiger partial charge in [0.05, 0.1) is 16.6 Å². The normalized spacial score (nSPS) is 11.4. The van der Waals surface area contributed by atoms with Crippen molar-refractivity contribution in [3.8, 4) is 28.4 Å². The number of aromatic hydroxyl groups is 1. The molecular formula is C21H16N4OS. The molecule has 3 N–H and O–H groups in total. The van der Waals surface area contributed by atoms with Crippen molar-refractivity contribution >= 4 is 33.7 Å². The van der Waals surface area contributed by atoms with Crippen LogP contribution in [0, 0.1) is 0 Å². The van der Waals surface area contributed by atoms with Gasteiger partial charge in [0.2, 0.25) is 0 Å². The predicted octanol–water partition coefficient (Wildman–Crippen LogP) is 5.20. The van der Waals surface area contributed by atoms with E-state index in [1.807, 2.05) is 36.6 Å². The molecule has 27 heavy (non-hydrogen) atoms. The van der Waals surface area contributed by atoms with Gasteiger partial charge in [0.1, 0.15) is 11.4 Å². The summed E-state index contributed by atoms with van der Waals surface area (Å²) in [5.74, 6) is 1.03. The lowest BCUT2D eigenvalue weighted by Gasteiger charge is -2.08. The largest absolute Gasteiger partial charge is 0.508 e. The lowest BCUT2D eigenvalue weighted by atomic mass is 10.0. The molecule has 0 bridgehead atoms. The number of nitrogens with one attached hydrogen (secondary N) is 2. The van der Waals surface area contributed by atoms with Crippen molar-refractivity contribution in [2.75, 3.05) is 6.26 Å². The van der Waals surface area contributed by atoms with Crippen LogP contribution in [0.5, 0.6) is 5.75 Å². The number of fused-ring (bicyclic) bond motifs is 2. The summed E-state index contributed by atoms with van der Waals surface area (Å²) in [6, 6.07) is 19.6. The number of hydrogen-bond acceptors (Lipinski definition) is 4. The highest BCUT2D eigenvalue weighted by molar-refractivity contribution is 7.98. The second kappa shape index (κ2) is 6.17. The molecule has 5 aromatic rings. The number of aromatic nitrogens is 4. The van der Waals surface area contributed by atoms with Crippen molar-refractivity contribution in [1.82, 2.24) is 20.2 Å². The first kappa shape index (κ1) is 16.0. The lowest BCUT2D eigenvalue weighted by molar-refractivity contribution is 0.474. The molecule has 5 rings (SSSR count). The number of para-hydroxylation sites is 2. The van der Waals surface area contributed by atoms with E-state index >= 15 is 0 Å². The van der Waals surface area contributed by atoms with Gasteiger partial charge in [0.15, 0.2) is 5.82 Å². The van der Waals surface area contributed by atoms with Crippen LogP contribution >= 0.6 is 11.8 Å². The minimum Gasteiger partial charge on any atom is -0.508 e. The molecule has 0 fully saturated rings. The van der Waals surface area contributed by atoms with Crippen molar-refractivity contribution < 1.29 is 5.11 Å². The van der Waals surface area contributed by atoms with Crippen LogP contribution in [-0.2, 0) is 0 Å². The van der Waals surface area contributed by atoms with E-state index in [9.17, 15) is 5.11 Å².